The molecule has 2 aromatic carbocycles. The van der Waals surface area contributed by atoms with E-state index in [0.717, 1.165) is 28.3 Å². The first kappa shape index (κ1) is 23.2. The molecule has 0 saturated carbocycles. The van der Waals surface area contributed by atoms with Gasteiger partial charge in [-0.05, 0) is 68.3 Å². The van der Waals surface area contributed by atoms with Crippen LogP contribution >= 0.6 is 0 Å². The molecule has 0 radical (unpaired) electrons. The molecule has 0 bridgehead atoms. The average Bonchev–Trinajstić information content (AvgIpc) is 3.41. The number of aromatic nitrogens is 4. The van der Waals surface area contributed by atoms with Gasteiger partial charge in [0.25, 0.3) is 11.8 Å². The molecule has 2 heterocycles. The number of nitrogens with zero attached hydrogens (tertiary/aromatic N) is 4. The standard InChI is InChI=1S/C26H29N5O3/c1-15(2)17(4)27-25(32)20-7-11-21(12-8-20)31-24(19-9-13-22(33-6)14-10-19)16(3)23(30-31)26-29-28-18(5)34-26/h7-15,17H,1-6H3,(H,27,32)/t17-/m0/s1. The second-order valence-electron chi connectivity index (χ2n) is 8.64. The average molecular weight is 460 g/mol. The van der Waals surface area contributed by atoms with E-state index < -0.39 is 0 Å². The molecular formula is C26H29N5O3. The van der Waals surface area contributed by atoms with E-state index in [1.807, 2.05) is 67.1 Å². The topological polar surface area (TPSA) is 95.1 Å². The number of rotatable bonds is 7. The van der Waals surface area contributed by atoms with Crippen LogP contribution in [-0.4, -0.2) is 39.0 Å². The Balaban J connectivity index is 1.76. The fraction of sp³-hybridized carbons (Fsp3) is 0.308. The monoisotopic (exact) mass is 459 g/mol. The summed E-state index contributed by atoms with van der Waals surface area (Å²) < 4.78 is 12.8. The SMILES string of the molecule is COc1ccc(-c2c(C)c(-c3nnc(C)o3)nn2-c2ccc(C(=O)N[C@@H](C)C(C)C)cc2)cc1. The number of aryl methyl sites for hydroxylation is 1. The Kier molecular flexibility index (Phi) is 6.49. The van der Waals surface area contributed by atoms with Crippen LogP contribution in [0, 0.1) is 19.8 Å². The van der Waals surface area contributed by atoms with Crippen LogP contribution < -0.4 is 10.1 Å². The van der Waals surface area contributed by atoms with Crippen molar-refractivity contribution in [2.24, 2.45) is 5.92 Å². The molecule has 0 saturated heterocycles. The van der Waals surface area contributed by atoms with Gasteiger partial charge >= 0.3 is 0 Å². The molecule has 4 aromatic rings. The van der Waals surface area contributed by atoms with Gasteiger partial charge in [0.15, 0.2) is 5.69 Å². The van der Waals surface area contributed by atoms with E-state index >= 15 is 0 Å². The Bertz CT molecular complexity index is 1290. The van der Waals surface area contributed by atoms with Gasteiger partial charge in [0.2, 0.25) is 5.89 Å². The van der Waals surface area contributed by atoms with Gasteiger partial charge in [-0.1, -0.05) is 13.8 Å². The van der Waals surface area contributed by atoms with Crippen LogP contribution in [-0.2, 0) is 0 Å². The number of carbonyl (C=O) groups excluding carboxylic acids is 1. The lowest BCUT2D eigenvalue weighted by atomic mass is 10.1. The van der Waals surface area contributed by atoms with Gasteiger partial charge < -0.3 is 14.5 Å². The van der Waals surface area contributed by atoms with Crippen molar-refractivity contribution in [2.45, 2.75) is 40.7 Å². The molecule has 8 nitrogen and oxygen atoms in total. The van der Waals surface area contributed by atoms with Gasteiger partial charge in [0.05, 0.1) is 18.5 Å². The molecule has 1 atom stereocenters. The molecule has 0 aliphatic heterocycles. The number of methoxy groups -OCH3 is 1. The Hall–Kier alpha value is -3.94. The van der Waals surface area contributed by atoms with Crippen molar-refractivity contribution in [1.82, 2.24) is 25.3 Å². The molecule has 0 spiro atoms. The maximum atomic E-state index is 12.6. The molecule has 0 unspecified atom stereocenters. The van der Waals surface area contributed by atoms with Crippen molar-refractivity contribution in [3.8, 4) is 34.3 Å². The third-order valence-corrected chi connectivity index (χ3v) is 5.95. The van der Waals surface area contributed by atoms with Crippen LogP contribution in [0.4, 0.5) is 0 Å². The number of carbonyl (C=O) groups is 1. The molecule has 8 heteroatoms. The molecule has 34 heavy (non-hydrogen) atoms. The predicted octanol–water partition coefficient (Wildman–Crippen LogP) is 4.99. The second-order valence-corrected chi connectivity index (χ2v) is 8.64. The number of hydrogen-bond donors (Lipinski definition) is 1. The van der Waals surface area contributed by atoms with Crippen LogP contribution in [0.3, 0.4) is 0 Å². The lowest BCUT2D eigenvalue weighted by Crippen LogP contribution is -2.36. The van der Waals surface area contributed by atoms with Crippen molar-refractivity contribution in [1.29, 1.82) is 0 Å². The Morgan fingerprint density at radius 1 is 1.00 bits per heavy atom. The summed E-state index contributed by atoms with van der Waals surface area (Å²) in [6.45, 7) is 9.89. The minimum absolute atomic E-state index is 0.0861. The summed E-state index contributed by atoms with van der Waals surface area (Å²) in [5.41, 5.74) is 4.77. The summed E-state index contributed by atoms with van der Waals surface area (Å²) in [7, 11) is 1.64. The van der Waals surface area contributed by atoms with E-state index in [4.69, 9.17) is 14.3 Å². The molecule has 0 fully saturated rings. The number of hydrogen-bond acceptors (Lipinski definition) is 6. The van der Waals surface area contributed by atoms with Gasteiger partial charge in [-0.25, -0.2) is 4.68 Å². The maximum Gasteiger partial charge on any atom is 0.268 e. The van der Waals surface area contributed by atoms with Crippen molar-refractivity contribution >= 4 is 5.91 Å². The van der Waals surface area contributed by atoms with Gasteiger partial charge in [0, 0.05) is 29.7 Å². The first-order valence-electron chi connectivity index (χ1n) is 11.2. The van der Waals surface area contributed by atoms with E-state index in [1.165, 1.54) is 0 Å². The van der Waals surface area contributed by atoms with E-state index in [2.05, 4.69) is 29.4 Å². The van der Waals surface area contributed by atoms with Crippen molar-refractivity contribution in [3.05, 3.63) is 65.5 Å². The number of benzene rings is 2. The summed E-state index contributed by atoms with van der Waals surface area (Å²) in [6, 6.07) is 15.3. The highest BCUT2D eigenvalue weighted by molar-refractivity contribution is 5.94. The third-order valence-electron chi connectivity index (χ3n) is 5.95. The summed E-state index contributed by atoms with van der Waals surface area (Å²) in [6.07, 6.45) is 0. The smallest absolute Gasteiger partial charge is 0.268 e. The van der Waals surface area contributed by atoms with Crippen molar-refractivity contribution in [2.75, 3.05) is 7.11 Å². The van der Waals surface area contributed by atoms with Gasteiger partial charge in [-0.2, -0.15) is 5.10 Å². The molecule has 2 aromatic heterocycles. The first-order chi connectivity index (χ1) is 16.3. The third kappa shape index (κ3) is 4.57. The normalized spacial score (nSPS) is 12.1. The van der Waals surface area contributed by atoms with Crippen LogP contribution in [0.15, 0.2) is 52.9 Å². The predicted molar refractivity (Wildman–Crippen MR) is 130 cm³/mol. The number of ether oxygens (including phenoxy) is 1. The number of nitrogens with one attached hydrogen (secondary N) is 1. The fourth-order valence-corrected chi connectivity index (χ4v) is 3.58. The molecule has 176 valence electrons. The zero-order chi connectivity index (χ0) is 24.4. The van der Waals surface area contributed by atoms with Gasteiger partial charge in [-0.3, -0.25) is 4.79 Å². The number of amides is 1. The van der Waals surface area contributed by atoms with Gasteiger partial charge in [-0.15, -0.1) is 10.2 Å². The summed E-state index contributed by atoms with van der Waals surface area (Å²) in [4.78, 5) is 12.6. The molecule has 1 N–H and O–H groups in total. The Labute approximate surface area is 199 Å². The Morgan fingerprint density at radius 3 is 2.24 bits per heavy atom. The lowest BCUT2D eigenvalue weighted by molar-refractivity contribution is 0.0930. The summed E-state index contributed by atoms with van der Waals surface area (Å²) in [5.74, 6) is 1.87. The zero-order valence-electron chi connectivity index (χ0n) is 20.3. The van der Waals surface area contributed by atoms with Crippen LogP contribution in [0.25, 0.3) is 28.5 Å². The largest absolute Gasteiger partial charge is 0.497 e. The quantitative estimate of drug-likeness (QED) is 0.418. The molecule has 0 aliphatic rings. The maximum absolute atomic E-state index is 12.6. The Morgan fingerprint density at radius 2 is 1.68 bits per heavy atom. The highest BCUT2D eigenvalue weighted by Crippen LogP contribution is 2.34. The van der Waals surface area contributed by atoms with E-state index in [9.17, 15) is 4.79 Å². The van der Waals surface area contributed by atoms with Crippen molar-refractivity contribution < 1.29 is 13.9 Å². The minimum atomic E-state index is -0.0956. The van der Waals surface area contributed by atoms with Crippen LogP contribution in [0.1, 0.15) is 42.6 Å². The van der Waals surface area contributed by atoms with Crippen LogP contribution in [0.2, 0.25) is 0 Å². The summed E-state index contributed by atoms with van der Waals surface area (Å²) >= 11 is 0. The molecule has 1 amide bonds. The first-order valence-corrected chi connectivity index (χ1v) is 11.2. The fourth-order valence-electron chi connectivity index (χ4n) is 3.58. The zero-order valence-corrected chi connectivity index (χ0v) is 20.3. The van der Waals surface area contributed by atoms with Crippen molar-refractivity contribution in [3.63, 3.8) is 0 Å². The van der Waals surface area contributed by atoms with Crippen LogP contribution in [0.5, 0.6) is 5.75 Å². The summed E-state index contributed by atoms with van der Waals surface area (Å²) in [5, 5.41) is 16.0. The minimum Gasteiger partial charge on any atom is -0.497 e. The second kappa shape index (κ2) is 9.51. The highest BCUT2D eigenvalue weighted by Gasteiger charge is 2.22. The highest BCUT2D eigenvalue weighted by atomic mass is 16.5. The van der Waals surface area contributed by atoms with E-state index in [0.29, 0.717) is 29.0 Å². The van der Waals surface area contributed by atoms with Gasteiger partial charge in [0.1, 0.15) is 5.75 Å². The van der Waals surface area contributed by atoms with E-state index in [-0.39, 0.29) is 11.9 Å². The van der Waals surface area contributed by atoms with E-state index in [1.54, 1.807) is 14.0 Å². The lowest BCUT2D eigenvalue weighted by Gasteiger charge is -2.17. The molecular weight excluding hydrogens is 430 g/mol. The molecule has 0 aliphatic carbocycles. The molecule has 4 rings (SSSR count).